The zero-order valence-corrected chi connectivity index (χ0v) is 17.1. The molecule has 3 amide bonds. The average molecular weight is 500 g/mol. The molecule has 0 spiro atoms. The summed E-state index contributed by atoms with van der Waals surface area (Å²) >= 11 is 8.68. The zero-order valence-electron chi connectivity index (χ0n) is 13.3. The maximum Gasteiger partial charge on any atom is 0.246 e. The number of hydrogen-bond donors (Lipinski definition) is 2. The number of carbonyl (C=O) groups excluding carboxylic acids is 3. The number of thiocarbonyl (C=S) groups is 1. The SMILES string of the molecule is O=C(CN1C(=O)CCC1=O)NC(=S)Nc1nc(-c2ccc(I)cc2)cs1. The molecule has 1 aliphatic rings. The number of aromatic nitrogens is 1. The number of likely N-dealkylation sites (tertiary alicyclic amines) is 1. The quantitative estimate of drug-likeness (QED) is 0.381. The molecule has 10 heteroatoms. The second-order valence-corrected chi connectivity index (χ2v) is 7.93. The van der Waals surface area contributed by atoms with E-state index in [1.54, 1.807) is 0 Å². The standard InChI is InChI=1S/C16H13IN4O3S2/c17-10-3-1-9(2-4-10)11-8-26-16(18-11)20-15(25)19-12(22)7-21-13(23)5-6-14(21)24/h1-4,8H,5-7H2,(H2,18,19,20,22,25). The fourth-order valence-electron chi connectivity index (χ4n) is 2.32. The van der Waals surface area contributed by atoms with Crippen molar-refractivity contribution in [3.63, 3.8) is 0 Å². The van der Waals surface area contributed by atoms with Crippen molar-refractivity contribution in [1.82, 2.24) is 15.2 Å². The molecule has 1 saturated heterocycles. The lowest BCUT2D eigenvalue weighted by atomic mass is 10.2. The normalized spacial score (nSPS) is 13.8. The van der Waals surface area contributed by atoms with Gasteiger partial charge in [0, 0.05) is 27.4 Å². The van der Waals surface area contributed by atoms with E-state index in [1.165, 1.54) is 11.3 Å². The number of carbonyl (C=O) groups is 3. The van der Waals surface area contributed by atoms with Crippen LogP contribution in [-0.2, 0) is 14.4 Å². The Morgan fingerprint density at radius 3 is 2.54 bits per heavy atom. The topological polar surface area (TPSA) is 91.4 Å². The van der Waals surface area contributed by atoms with Crippen molar-refractivity contribution in [2.75, 3.05) is 11.9 Å². The number of benzene rings is 1. The van der Waals surface area contributed by atoms with Crippen LogP contribution in [0.1, 0.15) is 12.8 Å². The maximum atomic E-state index is 11.9. The van der Waals surface area contributed by atoms with Gasteiger partial charge in [0.1, 0.15) is 6.54 Å². The molecule has 2 aromatic rings. The van der Waals surface area contributed by atoms with Gasteiger partial charge in [-0.05, 0) is 46.9 Å². The summed E-state index contributed by atoms with van der Waals surface area (Å²) in [6.45, 7) is -0.328. The van der Waals surface area contributed by atoms with Gasteiger partial charge in [0.25, 0.3) is 0 Å². The molecule has 0 unspecified atom stereocenters. The summed E-state index contributed by atoms with van der Waals surface area (Å²) in [6.07, 6.45) is 0.296. The van der Waals surface area contributed by atoms with Gasteiger partial charge in [0.15, 0.2) is 10.2 Å². The molecular weight excluding hydrogens is 487 g/mol. The molecule has 134 valence electrons. The van der Waals surface area contributed by atoms with Crippen molar-refractivity contribution in [2.45, 2.75) is 12.8 Å². The Labute approximate surface area is 172 Å². The van der Waals surface area contributed by atoms with E-state index in [0.29, 0.717) is 5.13 Å². The molecule has 1 aromatic heterocycles. The number of nitrogens with one attached hydrogen (secondary N) is 2. The van der Waals surface area contributed by atoms with Gasteiger partial charge in [-0.25, -0.2) is 4.98 Å². The van der Waals surface area contributed by atoms with Crippen molar-refractivity contribution in [3.8, 4) is 11.3 Å². The lowest BCUT2D eigenvalue weighted by Crippen LogP contribution is -2.43. The number of halogens is 1. The molecule has 0 atom stereocenters. The van der Waals surface area contributed by atoms with Gasteiger partial charge in [-0.2, -0.15) is 0 Å². The summed E-state index contributed by atoms with van der Waals surface area (Å²) in [5, 5.41) is 7.78. The van der Waals surface area contributed by atoms with Crippen molar-refractivity contribution < 1.29 is 14.4 Å². The van der Waals surface area contributed by atoms with Gasteiger partial charge in [-0.1, -0.05) is 12.1 Å². The number of amides is 3. The fraction of sp³-hybridized carbons (Fsp3) is 0.188. The second-order valence-electron chi connectivity index (χ2n) is 5.42. The predicted octanol–water partition coefficient (Wildman–Crippen LogP) is 2.38. The molecule has 0 bridgehead atoms. The number of thiazole rings is 1. The van der Waals surface area contributed by atoms with E-state index in [9.17, 15) is 14.4 Å². The Balaban J connectivity index is 1.55. The molecular formula is C16H13IN4O3S2. The largest absolute Gasteiger partial charge is 0.308 e. The van der Waals surface area contributed by atoms with E-state index in [4.69, 9.17) is 12.2 Å². The van der Waals surface area contributed by atoms with Crippen LogP contribution in [0.15, 0.2) is 29.6 Å². The third-order valence-electron chi connectivity index (χ3n) is 3.57. The van der Waals surface area contributed by atoms with Gasteiger partial charge in [-0.15, -0.1) is 11.3 Å². The summed E-state index contributed by atoms with van der Waals surface area (Å²) in [5.41, 5.74) is 1.78. The third kappa shape index (κ3) is 4.62. The molecule has 26 heavy (non-hydrogen) atoms. The molecule has 1 aromatic carbocycles. The number of imide groups is 1. The minimum atomic E-state index is -0.527. The number of rotatable bonds is 4. The highest BCUT2D eigenvalue weighted by atomic mass is 127. The van der Waals surface area contributed by atoms with Crippen LogP contribution in [0.25, 0.3) is 11.3 Å². The molecule has 2 heterocycles. The van der Waals surface area contributed by atoms with E-state index >= 15 is 0 Å². The van der Waals surface area contributed by atoms with Crippen LogP contribution in [0, 0.1) is 3.57 Å². The smallest absolute Gasteiger partial charge is 0.246 e. The third-order valence-corrected chi connectivity index (χ3v) is 5.26. The summed E-state index contributed by atoms with van der Waals surface area (Å²) in [6, 6.07) is 7.94. The summed E-state index contributed by atoms with van der Waals surface area (Å²) in [4.78, 5) is 40.4. The van der Waals surface area contributed by atoms with Gasteiger partial charge in [0.2, 0.25) is 17.7 Å². The highest BCUT2D eigenvalue weighted by molar-refractivity contribution is 14.1. The molecule has 0 radical (unpaired) electrons. The Morgan fingerprint density at radius 2 is 1.88 bits per heavy atom. The molecule has 1 fully saturated rings. The Hall–Kier alpha value is -1.92. The van der Waals surface area contributed by atoms with Crippen molar-refractivity contribution in [2.24, 2.45) is 0 Å². The summed E-state index contributed by atoms with van der Waals surface area (Å²) < 4.78 is 1.14. The van der Waals surface area contributed by atoms with Crippen LogP contribution >= 0.6 is 46.1 Å². The zero-order chi connectivity index (χ0) is 18.7. The molecule has 2 N–H and O–H groups in total. The molecule has 7 nitrogen and oxygen atoms in total. The van der Waals surface area contributed by atoms with Crippen molar-refractivity contribution >= 4 is 74.1 Å². The van der Waals surface area contributed by atoms with E-state index in [-0.39, 0.29) is 36.3 Å². The van der Waals surface area contributed by atoms with E-state index in [0.717, 1.165) is 19.7 Å². The fourth-order valence-corrected chi connectivity index (χ4v) is 3.68. The minimum absolute atomic E-state index is 0.0672. The van der Waals surface area contributed by atoms with Crippen molar-refractivity contribution in [1.29, 1.82) is 0 Å². The highest BCUT2D eigenvalue weighted by Crippen LogP contribution is 2.25. The van der Waals surface area contributed by atoms with Crippen LogP contribution in [-0.4, -0.2) is 39.3 Å². The molecule has 3 rings (SSSR count). The second kappa shape index (κ2) is 8.18. The van der Waals surface area contributed by atoms with Gasteiger partial charge in [-0.3, -0.25) is 19.3 Å². The highest BCUT2D eigenvalue weighted by Gasteiger charge is 2.30. The molecule has 0 aliphatic carbocycles. The monoisotopic (exact) mass is 500 g/mol. The maximum absolute atomic E-state index is 11.9. The lowest BCUT2D eigenvalue weighted by molar-refractivity contribution is -0.142. The molecule has 0 saturated carbocycles. The first-order valence-electron chi connectivity index (χ1n) is 7.58. The number of hydrogen-bond acceptors (Lipinski definition) is 6. The van der Waals surface area contributed by atoms with E-state index in [2.05, 4.69) is 38.2 Å². The first-order valence-corrected chi connectivity index (χ1v) is 9.94. The van der Waals surface area contributed by atoms with Crippen LogP contribution in [0.4, 0.5) is 5.13 Å². The van der Waals surface area contributed by atoms with Crippen molar-refractivity contribution in [3.05, 3.63) is 33.2 Å². The summed E-state index contributed by atoms with van der Waals surface area (Å²) in [7, 11) is 0. The van der Waals surface area contributed by atoms with Gasteiger partial charge in [0.05, 0.1) is 5.69 Å². The number of anilines is 1. The molecule has 1 aliphatic heterocycles. The Bertz CT molecular complexity index is 866. The average Bonchev–Trinajstić information content (AvgIpc) is 3.17. The van der Waals surface area contributed by atoms with E-state index < -0.39 is 5.91 Å². The van der Waals surface area contributed by atoms with Crippen LogP contribution in [0.2, 0.25) is 0 Å². The number of nitrogens with zero attached hydrogens (tertiary/aromatic N) is 2. The van der Waals surface area contributed by atoms with Gasteiger partial charge < -0.3 is 10.6 Å². The Kier molecular flexibility index (Phi) is 5.94. The van der Waals surface area contributed by atoms with E-state index in [1.807, 2.05) is 29.6 Å². The minimum Gasteiger partial charge on any atom is -0.308 e. The lowest BCUT2D eigenvalue weighted by Gasteiger charge is -2.13. The first kappa shape index (κ1) is 18.9. The van der Waals surface area contributed by atoms with Crippen LogP contribution in [0.5, 0.6) is 0 Å². The Morgan fingerprint density at radius 1 is 1.23 bits per heavy atom. The summed E-state index contributed by atoms with van der Waals surface area (Å²) in [5.74, 6) is -1.21. The van der Waals surface area contributed by atoms with Crippen LogP contribution in [0.3, 0.4) is 0 Å². The predicted molar refractivity (Wildman–Crippen MR) is 111 cm³/mol. The van der Waals surface area contributed by atoms with Gasteiger partial charge >= 0.3 is 0 Å². The van der Waals surface area contributed by atoms with Crippen LogP contribution < -0.4 is 10.6 Å². The first-order chi connectivity index (χ1) is 12.4.